The van der Waals surface area contributed by atoms with Gasteiger partial charge in [0.2, 0.25) is 5.91 Å². The molecule has 7 aliphatic rings. The molecule has 268 valence electrons. The molecule has 4 aliphatic carbocycles. The van der Waals surface area contributed by atoms with Crippen LogP contribution in [0.2, 0.25) is 0 Å². The zero-order valence-electron chi connectivity index (χ0n) is 30.2. The Kier molecular flexibility index (Phi) is 8.75. The molecule has 3 aliphatic heterocycles. The Labute approximate surface area is 282 Å². The third kappa shape index (κ3) is 5.29. The van der Waals surface area contributed by atoms with Crippen LogP contribution in [0.15, 0.2) is 0 Å². The molecule has 47 heavy (non-hydrogen) atoms. The molecule has 4 N–H and O–H groups in total. The van der Waals surface area contributed by atoms with Crippen molar-refractivity contribution in [3.63, 3.8) is 0 Å². The first kappa shape index (κ1) is 34.6. The number of carbonyl (C=O) groups excluding carboxylic acids is 1. The Morgan fingerprint density at radius 1 is 1.09 bits per heavy atom. The van der Waals surface area contributed by atoms with Gasteiger partial charge in [-0.15, -0.1) is 0 Å². The Hall–Kier alpha value is -0.810. The molecule has 9 nitrogen and oxygen atoms in total. The maximum absolute atomic E-state index is 12.4. The number of nitrogens with zero attached hydrogens (tertiary/aromatic N) is 1. The number of aliphatic hydroxyl groups excluding tert-OH is 2. The van der Waals surface area contributed by atoms with E-state index in [1.807, 2.05) is 0 Å². The molecular formula is C38H64N2O7. The van der Waals surface area contributed by atoms with Crippen LogP contribution in [0.4, 0.5) is 0 Å². The molecule has 9 heteroatoms. The van der Waals surface area contributed by atoms with E-state index in [0.717, 1.165) is 64.5 Å². The lowest BCUT2D eigenvalue weighted by Gasteiger charge is -2.64. The van der Waals surface area contributed by atoms with Gasteiger partial charge in [0, 0.05) is 18.5 Å². The van der Waals surface area contributed by atoms with Gasteiger partial charge in [-0.1, -0.05) is 41.0 Å². The fourth-order valence-electron chi connectivity index (χ4n) is 13.2. The van der Waals surface area contributed by atoms with Crippen LogP contribution in [-0.2, 0) is 19.0 Å². The lowest BCUT2D eigenvalue weighted by atomic mass is 9.41. The van der Waals surface area contributed by atoms with Crippen molar-refractivity contribution in [2.75, 3.05) is 26.2 Å². The molecule has 7 rings (SSSR count). The van der Waals surface area contributed by atoms with Crippen LogP contribution in [-0.4, -0.2) is 101 Å². The number of aliphatic hydroxyl groups is 3. The third-order valence-corrected chi connectivity index (χ3v) is 15.8. The van der Waals surface area contributed by atoms with E-state index in [2.05, 4.69) is 44.8 Å². The largest absolute Gasteiger partial charge is 0.390 e. The number of nitrogens with one attached hydrogen (secondary N) is 1. The third-order valence-electron chi connectivity index (χ3n) is 15.8. The highest BCUT2D eigenvalue weighted by atomic mass is 16.7. The topological polar surface area (TPSA) is 121 Å². The Morgan fingerprint density at radius 2 is 1.85 bits per heavy atom. The normalized spacial score (nSPS) is 50.8. The van der Waals surface area contributed by atoms with Crippen molar-refractivity contribution in [2.24, 2.45) is 45.3 Å². The molecule has 1 spiro atoms. The minimum atomic E-state index is -1.26. The van der Waals surface area contributed by atoms with Crippen LogP contribution in [0, 0.1) is 45.3 Å². The fourth-order valence-corrected chi connectivity index (χ4v) is 13.2. The first-order chi connectivity index (χ1) is 22.0. The molecule has 7 fully saturated rings. The molecular weight excluding hydrogens is 596 g/mol. The summed E-state index contributed by atoms with van der Waals surface area (Å²) in [5.74, 6) is 1.59. The van der Waals surface area contributed by atoms with Gasteiger partial charge in [-0.3, -0.25) is 9.69 Å². The number of hydrogen-bond donors (Lipinski definition) is 4. The Balaban J connectivity index is 1.09. The van der Waals surface area contributed by atoms with Crippen molar-refractivity contribution in [2.45, 2.75) is 161 Å². The molecule has 0 aromatic carbocycles. The van der Waals surface area contributed by atoms with Crippen LogP contribution in [0.3, 0.4) is 0 Å². The van der Waals surface area contributed by atoms with Crippen LogP contribution in [0.1, 0.15) is 113 Å². The summed E-state index contributed by atoms with van der Waals surface area (Å²) in [6.07, 6.45) is 7.96. The summed E-state index contributed by atoms with van der Waals surface area (Å²) in [5, 5.41) is 37.0. The van der Waals surface area contributed by atoms with Crippen molar-refractivity contribution in [3.8, 4) is 0 Å². The number of amides is 1. The van der Waals surface area contributed by atoms with E-state index in [0.29, 0.717) is 31.4 Å². The number of morpholine rings is 1. The van der Waals surface area contributed by atoms with Gasteiger partial charge in [0.05, 0.1) is 49.2 Å². The summed E-state index contributed by atoms with van der Waals surface area (Å²) in [5.41, 5.74) is -1.38. The number of rotatable bonds is 5. The zero-order chi connectivity index (χ0) is 33.7. The van der Waals surface area contributed by atoms with Gasteiger partial charge in [-0.05, 0) is 112 Å². The monoisotopic (exact) mass is 660 g/mol. The van der Waals surface area contributed by atoms with Gasteiger partial charge < -0.3 is 34.8 Å². The lowest BCUT2D eigenvalue weighted by Crippen LogP contribution is -2.60. The number of hydrogen-bond acceptors (Lipinski definition) is 8. The van der Waals surface area contributed by atoms with E-state index in [4.69, 9.17) is 14.2 Å². The van der Waals surface area contributed by atoms with Gasteiger partial charge in [0.15, 0.2) is 6.29 Å². The van der Waals surface area contributed by atoms with Crippen LogP contribution >= 0.6 is 0 Å². The predicted molar refractivity (Wildman–Crippen MR) is 178 cm³/mol. The van der Waals surface area contributed by atoms with Crippen molar-refractivity contribution < 1.29 is 34.3 Å². The summed E-state index contributed by atoms with van der Waals surface area (Å²) in [6.45, 7) is 18.0. The van der Waals surface area contributed by atoms with Crippen molar-refractivity contribution in [3.05, 3.63) is 0 Å². The number of fused-ring (bicyclic) bond motifs is 5. The zero-order valence-corrected chi connectivity index (χ0v) is 30.2. The lowest BCUT2D eigenvalue weighted by molar-refractivity contribution is -0.255. The SMILES string of the molecule is C[C@@H]1CC(C(O)C(C)(C)O)OC2C1C1(C)CCCC34CCC(OC5CN(C6CCNC6=O)CCO5)C(C)(C)[C@@H]3CC[C@@H](C4)[C@]1(C)[C@H]2O. The van der Waals surface area contributed by atoms with Crippen molar-refractivity contribution in [1.29, 1.82) is 0 Å². The van der Waals surface area contributed by atoms with Crippen molar-refractivity contribution >= 4 is 5.91 Å². The van der Waals surface area contributed by atoms with Gasteiger partial charge in [-0.2, -0.15) is 0 Å². The molecule has 0 aromatic heterocycles. The van der Waals surface area contributed by atoms with E-state index >= 15 is 0 Å². The van der Waals surface area contributed by atoms with E-state index in [1.54, 1.807) is 13.8 Å². The van der Waals surface area contributed by atoms with Crippen LogP contribution < -0.4 is 5.32 Å². The van der Waals surface area contributed by atoms with Crippen molar-refractivity contribution in [1.82, 2.24) is 10.2 Å². The first-order valence-electron chi connectivity index (χ1n) is 19.1. The minimum absolute atomic E-state index is 0.0106. The average Bonchev–Trinajstić information content (AvgIpc) is 3.51. The summed E-state index contributed by atoms with van der Waals surface area (Å²) in [4.78, 5) is 14.7. The van der Waals surface area contributed by atoms with Gasteiger partial charge in [0.25, 0.3) is 0 Å². The summed E-state index contributed by atoms with van der Waals surface area (Å²) < 4.78 is 19.7. The molecule has 3 saturated heterocycles. The quantitative estimate of drug-likeness (QED) is 0.346. The molecule has 1 amide bonds. The first-order valence-corrected chi connectivity index (χ1v) is 19.1. The van der Waals surface area contributed by atoms with Crippen LogP contribution in [0.5, 0.6) is 0 Å². The minimum Gasteiger partial charge on any atom is -0.390 e. The molecule has 0 radical (unpaired) electrons. The molecule has 14 atom stereocenters. The van der Waals surface area contributed by atoms with E-state index in [1.165, 1.54) is 6.42 Å². The molecule has 4 saturated carbocycles. The summed E-state index contributed by atoms with van der Waals surface area (Å²) >= 11 is 0. The standard InChI is InChI=1S/C38H64N2O7/c1-22-19-25(31(41)35(4,5)44)46-30-29(22)36(6)13-8-14-38-15-11-27(47-28-21-40(17-18-45-28)24-12-16-39-33(24)43)34(2,3)26(38)10-9-23(20-38)37(36,7)32(30)42/h22-32,41-42,44H,8-21H2,1-7H3,(H,39,43)/t22-,23+,24?,25?,26+,27?,28?,29?,30?,31?,32+,36?,37-,38?/m1/s1. The van der Waals surface area contributed by atoms with Gasteiger partial charge in [0.1, 0.15) is 6.10 Å². The molecule has 9 unspecified atom stereocenters. The second-order valence-corrected chi connectivity index (χ2v) is 18.7. The van der Waals surface area contributed by atoms with E-state index in [9.17, 15) is 20.1 Å². The maximum atomic E-state index is 12.4. The second-order valence-electron chi connectivity index (χ2n) is 18.7. The highest BCUT2D eigenvalue weighted by molar-refractivity contribution is 5.83. The fraction of sp³-hybridized carbons (Fsp3) is 0.974. The molecule has 0 aromatic rings. The van der Waals surface area contributed by atoms with E-state index < -0.39 is 23.9 Å². The Bertz CT molecular complexity index is 1190. The number of carbonyl (C=O) groups is 1. The molecule has 2 bridgehead atoms. The molecule has 3 heterocycles. The predicted octanol–water partition coefficient (Wildman–Crippen LogP) is 4.25. The van der Waals surface area contributed by atoms with Gasteiger partial charge >= 0.3 is 0 Å². The highest BCUT2D eigenvalue weighted by Gasteiger charge is 2.72. The van der Waals surface area contributed by atoms with Crippen LogP contribution in [0.25, 0.3) is 0 Å². The second kappa shape index (κ2) is 11.9. The summed E-state index contributed by atoms with van der Waals surface area (Å²) in [6, 6.07) is -0.0643. The van der Waals surface area contributed by atoms with E-state index in [-0.39, 0.29) is 63.9 Å². The number of ether oxygens (including phenoxy) is 3. The summed E-state index contributed by atoms with van der Waals surface area (Å²) in [7, 11) is 0. The maximum Gasteiger partial charge on any atom is 0.237 e. The average molecular weight is 661 g/mol. The smallest absolute Gasteiger partial charge is 0.237 e. The Morgan fingerprint density at radius 3 is 2.55 bits per heavy atom. The van der Waals surface area contributed by atoms with Gasteiger partial charge in [-0.25, -0.2) is 0 Å². The highest BCUT2D eigenvalue weighted by Crippen LogP contribution is 2.73.